The molecule has 0 radical (unpaired) electrons. The minimum absolute atomic E-state index is 0.00319. The highest BCUT2D eigenvalue weighted by Gasteiger charge is 2.26. The van der Waals surface area contributed by atoms with Crippen LogP contribution in [0.3, 0.4) is 0 Å². The average molecular weight is 435 g/mol. The van der Waals surface area contributed by atoms with Crippen molar-refractivity contribution in [3.8, 4) is 0 Å². The Bertz CT molecular complexity index is 919. The number of amides is 1. The summed E-state index contributed by atoms with van der Waals surface area (Å²) in [6, 6.07) is 8.55. The smallest absolute Gasteiger partial charge is 0.274 e. The molecule has 3 aromatic rings. The van der Waals surface area contributed by atoms with Gasteiger partial charge in [0.15, 0.2) is 0 Å². The Morgan fingerprint density at radius 1 is 1.12 bits per heavy atom. The molecule has 0 saturated carbocycles. The predicted octanol–water partition coefficient (Wildman–Crippen LogP) is 4.59. The van der Waals surface area contributed by atoms with Crippen LogP contribution in [0.25, 0.3) is 21.8 Å². The van der Waals surface area contributed by atoms with Crippen LogP contribution in [0.4, 0.5) is 0 Å². The van der Waals surface area contributed by atoms with E-state index < -0.39 is 0 Å². The van der Waals surface area contributed by atoms with Crippen LogP contribution in [0, 0.1) is 3.57 Å². The van der Waals surface area contributed by atoms with Crippen molar-refractivity contribution in [3.05, 3.63) is 39.7 Å². The lowest BCUT2D eigenvalue weighted by atomic mass is 10.1. The van der Waals surface area contributed by atoms with Crippen molar-refractivity contribution in [1.29, 1.82) is 0 Å². The summed E-state index contributed by atoms with van der Waals surface area (Å²) >= 11 is 2.26. The molecular weight excluding hydrogens is 413 g/mol. The summed E-state index contributed by atoms with van der Waals surface area (Å²) < 4.78 is 3.07. The van der Waals surface area contributed by atoms with Crippen molar-refractivity contribution in [1.82, 2.24) is 14.5 Å². The summed E-state index contributed by atoms with van der Waals surface area (Å²) in [7, 11) is 2.05. The maximum atomic E-state index is 13.1. The minimum atomic E-state index is -0.00319. The number of hydrogen-bond donors (Lipinski definition) is 0. The second-order valence-electron chi connectivity index (χ2n) is 6.66. The summed E-state index contributed by atoms with van der Waals surface area (Å²) in [5.74, 6) is -0.00319. The number of pyridine rings is 1. The van der Waals surface area contributed by atoms with Gasteiger partial charge in [-0.3, -0.25) is 4.79 Å². The van der Waals surface area contributed by atoms with Gasteiger partial charge in [-0.2, -0.15) is 0 Å². The van der Waals surface area contributed by atoms with Gasteiger partial charge in [0, 0.05) is 41.6 Å². The number of fused-ring (bicyclic) bond motifs is 3. The molecule has 0 spiro atoms. The lowest BCUT2D eigenvalue weighted by molar-refractivity contribution is 0.0636. The molecule has 2 aromatic heterocycles. The zero-order valence-corrected chi connectivity index (χ0v) is 16.8. The zero-order chi connectivity index (χ0) is 17.6. The largest absolute Gasteiger partial charge is 0.343 e. The third kappa shape index (κ3) is 2.59. The summed E-state index contributed by atoms with van der Waals surface area (Å²) in [5.41, 5.74) is 2.76. The van der Waals surface area contributed by atoms with E-state index in [2.05, 4.69) is 44.3 Å². The summed E-state index contributed by atoms with van der Waals surface area (Å²) in [5, 5.41) is 2.26. The van der Waals surface area contributed by atoms with Gasteiger partial charge in [-0.05, 0) is 56.4 Å². The third-order valence-corrected chi connectivity index (χ3v) is 5.46. The first kappa shape index (κ1) is 17.2. The quantitative estimate of drug-likeness (QED) is 0.565. The van der Waals surface area contributed by atoms with Crippen molar-refractivity contribution >= 4 is 50.3 Å². The van der Waals surface area contributed by atoms with E-state index in [0.29, 0.717) is 5.69 Å². The van der Waals surface area contributed by atoms with Gasteiger partial charge in [-0.1, -0.05) is 18.2 Å². The van der Waals surface area contributed by atoms with Crippen LogP contribution in [0.5, 0.6) is 0 Å². The van der Waals surface area contributed by atoms with Crippen molar-refractivity contribution in [3.63, 3.8) is 0 Å². The molecule has 0 aliphatic heterocycles. The fourth-order valence-corrected chi connectivity index (χ4v) is 4.48. The van der Waals surface area contributed by atoms with Crippen LogP contribution >= 0.6 is 22.6 Å². The van der Waals surface area contributed by atoms with E-state index in [1.807, 2.05) is 58.0 Å². The number of aryl methyl sites for hydroxylation is 1. The molecule has 24 heavy (non-hydrogen) atoms. The maximum absolute atomic E-state index is 13.1. The molecule has 3 rings (SSSR count). The van der Waals surface area contributed by atoms with E-state index in [4.69, 9.17) is 0 Å². The van der Waals surface area contributed by atoms with Crippen molar-refractivity contribution < 1.29 is 4.79 Å². The average Bonchev–Trinajstić information content (AvgIpc) is 2.81. The summed E-state index contributed by atoms with van der Waals surface area (Å²) in [6.45, 7) is 8.17. The number of hydrogen-bond acceptors (Lipinski definition) is 2. The predicted molar refractivity (Wildman–Crippen MR) is 107 cm³/mol. The van der Waals surface area contributed by atoms with Crippen LogP contribution in [0.15, 0.2) is 30.5 Å². The van der Waals surface area contributed by atoms with Crippen LogP contribution in [0.1, 0.15) is 38.2 Å². The van der Waals surface area contributed by atoms with Crippen molar-refractivity contribution in [2.75, 3.05) is 0 Å². The molecule has 0 fully saturated rings. The SMILES string of the molecule is CC(C)N(C(=O)c1ncc2c3ccccc3n(C)c2c1I)C(C)C. The molecule has 0 aliphatic carbocycles. The Morgan fingerprint density at radius 2 is 1.75 bits per heavy atom. The molecule has 4 nitrogen and oxygen atoms in total. The first-order chi connectivity index (χ1) is 11.3. The van der Waals surface area contributed by atoms with E-state index in [1.54, 1.807) is 0 Å². The summed E-state index contributed by atoms with van der Waals surface area (Å²) in [6.07, 6.45) is 1.84. The normalized spacial score (nSPS) is 11.8. The molecule has 126 valence electrons. The maximum Gasteiger partial charge on any atom is 0.274 e. The number of rotatable bonds is 3. The van der Waals surface area contributed by atoms with Gasteiger partial charge >= 0.3 is 0 Å². The highest BCUT2D eigenvalue weighted by Crippen LogP contribution is 2.32. The van der Waals surface area contributed by atoms with Crippen molar-refractivity contribution in [2.45, 2.75) is 39.8 Å². The van der Waals surface area contributed by atoms with Gasteiger partial charge in [0.25, 0.3) is 5.91 Å². The number of para-hydroxylation sites is 1. The lowest BCUT2D eigenvalue weighted by Crippen LogP contribution is -2.42. The number of aromatic nitrogens is 2. The number of nitrogens with zero attached hydrogens (tertiary/aromatic N) is 3. The van der Waals surface area contributed by atoms with E-state index >= 15 is 0 Å². The Morgan fingerprint density at radius 3 is 2.38 bits per heavy atom. The number of halogens is 1. The highest BCUT2D eigenvalue weighted by atomic mass is 127. The molecule has 0 bridgehead atoms. The highest BCUT2D eigenvalue weighted by molar-refractivity contribution is 14.1. The Kier molecular flexibility index (Phi) is 4.55. The number of carbonyl (C=O) groups is 1. The van der Waals surface area contributed by atoms with E-state index in [1.165, 1.54) is 5.39 Å². The molecule has 0 aliphatic rings. The number of carbonyl (C=O) groups excluding carboxylic acids is 1. The van der Waals surface area contributed by atoms with Gasteiger partial charge < -0.3 is 9.47 Å². The molecule has 0 unspecified atom stereocenters. The second-order valence-corrected chi connectivity index (χ2v) is 7.74. The molecule has 1 amide bonds. The van der Waals surface area contributed by atoms with Gasteiger partial charge in [0.1, 0.15) is 5.69 Å². The Labute approximate surface area is 156 Å². The first-order valence-corrected chi connectivity index (χ1v) is 9.26. The lowest BCUT2D eigenvalue weighted by Gasteiger charge is -2.30. The molecule has 0 N–H and O–H groups in total. The zero-order valence-electron chi connectivity index (χ0n) is 14.7. The van der Waals surface area contributed by atoms with Gasteiger partial charge in [-0.25, -0.2) is 4.98 Å². The standard InChI is InChI=1S/C19H22IN3O/c1-11(2)23(12(3)4)19(24)17-16(20)18-14(10-21-17)13-8-6-7-9-15(13)22(18)5/h6-12H,1-5H3. The molecule has 0 saturated heterocycles. The Hall–Kier alpha value is -1.63. The molecule has 5 heteroatoms. The van der Waals surface area contributed by atoms with Gasteiger partial charge in [-0.15, -0.1) is 0 Å². The van der Waals surface area contributed by atoms with Crippen molar-refractivity contribution in [2.24, 2.45) is 7.05 Å². The van der Waals surface area contributed by atoms with E-state index in [9.17, 15) is 4.79 Å². The fourth-order valence-electron chi connectivity index (χ4n) is 3.45. The molecule has 1 aromatic carbocycles. The Balaban J connectivity index is 2.24. The van der Waals surface area contributed by atoms with Gasteiger partial charge in [0.2, 0.25) is 0 Å². The van der Waals surface area contributed by atoms with Crippen LogP contribution in [-0.2, 0) is 7.05 Å². The van der Waals surface area contributed by atoms with E-state index in [-0.39, 0.29) is 18.0 Å². The van der Waals surface area contributed by atoms with Crippen LogP contribution in [-0.4, -0.2) is 32.4 Å². The third-order valence-electron chi connectivity index (χ3n) is 4.43. The summed E-state index contributed by atoms with van der Waals surface area (Å²) in [4.78, 5) is 19.5. The molecule has 0 atom stereocenters. The van der Waals surface area contributed by atoms with Gasteiger partial charge in [0.05, 0.1) is 9.09 Å². The molecular formula is C19H22IN3O. The fraction of sp³-hybridized carbons (Fsp3) is 0.368. The van der Waals surface area contributed by atoms with Crippen LogP contribution in [0.2, 0.25) is 0 Å². The topological polar surface area (TPSA) is 38.1 Å². The first-order valence-electron chi connectivity index (χ1n) is 8.18. The van der Waals surface area contributed by atoms with E-state index in [0.717, 1.165) is 20.0 Å². The number of benzene rings is 1. The second kappa shape index (κ2) is 6.35. The monoisotopic (exact) mass is 435 g/mol. The molecule has 2 heterocycles. The minimum Gasteiger partial charge on any atom is -0.343 e. The van der Waals surface area contributed by atoms with Crippen LogP contribution < -0.4 is 0 Å².